The highest BCUT2D eigenvalue weighted by Crippen LogP contribution is 2.31. The number of hydrogen-bond acceptors (Lipinski definition) is 4. The van der Waals surface area contributed by atoms with E-state index in [-0.39, 0.29) is 5.97 Å². The Morgan fingerprint density at radius 3 is 2.86 bits per heavy atom. The quantitative estimate of drug-likeness (QED) is 0.812. The van der Waals surface area contributed by atoms with Crippen molar-refractivity contribution >= 4 is 11.8 Å². The van der Waals surface area contributed by atoms with Crippen LogP contribution in [0.3, 0.4) is 0 Å². The minimum atomic E-state index is -0.297. The molecule has 22 heavy (non-hydrogen) atoms. The van der Waals surface area contributed by atoms with Crippen molar-refractivity contribution in [3.63, 3.8) is 0 Å². The topological polar surface area (TPSA) is 42.4 Å². The first-order valence-electron chi connectivity index (χ1n) is 7.71. The second-order valence-corrected chi connectivity index (χ2v) is 5.44. The van der Waals surface area contributed by atoms with E-state index in [1.165, 1.54) is 5.56 Å². The highest BCUT2D eigenvalue weighted by molar-refractivity contribution is 5.94. The lowest BCUT2D eigenvalue weighted by atomic mass is 9.99. The number of benzene rings is 1. The third-order valence-corrected chi connectivity index (χ3v) is 4.04. The Morgan fingerprint density at radius 2 is 2.09 bits per heavy atom. The molecule has 3 rings (SSSR count). The molecule has 1 aromatic heterocycles. The zero-order valence-electron chi connectivity index (χ0n) is 12.7. The molecule has 1 saturated heterocycles. The van der Waals surface area contributed by atoms with Crippen LogP contribution in [0.1, 0.15) is 35.2 Å². The summed E-state index contributed by atoms with van der Waals surface area (Å²) < 4.78 is 5.13. The summed E-state index contributed by atoms with van der Waals surface area (Å²) in [5.74, 6) is 0.923. The molecule has 1 unspecified atom stereocenters. The highest BCUT2D eigenvalue weighted by Gasteiger charge is 2.27. The number of nitrogens with zero attached hydrogens (tertiary/aromatic N) is 2. The van der Waals surface area contributed by atoms with Gasteiger partial charge in [-0.3, -0.25) is 0 Å². The van der Waals surface area contributed by atoms with Crippen LogP contribution in [0, 0.1) is 0 Å². The fourth-order valence-electron chi connectivity index (χ4n) is 2.97. The van der Waals surface area contributed by atoms with Gasteiger partial charge in [0.05, 0.1) is 6.61 Å². The second kappa shape index (κ2) is 6.60. The van der Waals surface area contributed by atoms with Gasteiger partial charge in [-0.2, -0.15) is 0 Å². The van der Waals surface area contributed by atoms with Crippen molar-refractivity contribution in [1.82, 2.24) is 4.98 Å². The van der Waals surface area contributed by atoms with Crippen LogP contribution < -0.4 is 4.90 Å². The first-order chi connectivity index (χ1) is 10.8. The molecule has 1 aromatic carbocycles. The predicted octanol–water partition coefficient (Wildman–Crippen LogP) is 3.25. The normalized spacial score (nSPS) is 17.5. The summed E-state index contributed by atoms with van der Waals surface area (Å²) in [5.41, 5.74) is 1.90. The number of anilines is 1. The van der Waals surface area contributed by atoms with Crippen LogP contribution in [0.4, 0.5) is 5.82 Å². The van der Waals surface area contributed by atoms with Gasteiger partial charge in [-0.05, 0) is 31.0 Å². The first-order valence-corrected chi connectivity index (χ1v) is 7.71. The Balaban J connectivity index is 1.80. The third kappa shape index (κ3) is 2.96. The number of esters is 1. The van der Waals surface area contributed by atoms with Crippen molar-refractivity contribution in [2.24, 2.45) is 0 Å². The maximum absolute atomic E-state index is 12.1. The Labute approximate surface area is 130 Å². The first kappa shape index (κ1) is 14.6. The molecule has 1 aliphatic heterocycles. The number of ether oxygens (including phenoxy) is 1. The lowest BCUT2D eigenvalue weighted by Gasteiger charge is -2.20. The average molecular weight is 296 g/mol. The number of carbonyl (C=O) groups is 1. The zero-order valence-corrected chi connectivity index (χ0v) is 12.7. The van der Waals surface area contributed by atoms with Crippen LogP contribution in [0.5, 0.6) is 0 Å². The highest BCUT2D eigenvalue weighted by atomic mass is 16.5. The van der Waals surface area contributed by atoms with Crippen molar-refractivity contribution in [2.75, 3.05) is 24.6 Å². The lowest BCUT2D eigenvalue weighted by Crippen LogP contribution is -2.23. The monoisotopic (exact) mass is 296 g/mol. The van der Waals surface area contributed by atoms with Gasteiger partial charge in [-0.25, -0.2) is 9.78 Å². The SMILES string of the molecule is CCOC(=O)c1cccnc1N1CCC(c2ccccc2)C1. The lowest BCUT2D eigenvalue weighted by molar-refractivity contribution is 0.0526. The molecule has 4 heteroatoms. The van der Waals surface area contributed by atoms with Crippen LogP contribution in [0.2, 0.25) is 0 Å². The summed E-state index contributed by atoms with van der Waals surface area (Å²) in [6, 6.07) is 14.1. The Bertz CT molecular complexity index is 643. The number of hydrogen-bond donors (Lipinski definition) is 0. The second-order valence-electron chi connectivity index (χ2n) is 5.44. The predicted molar refractivity (Wildman–Crippen MR) is 86.2 cm³/mol. The van der Waals surface area contributed by atoms with Crippen molar-refractivity contribution in [3.05, 3.63) is 59.8 Å². The van der Waals surface area contributed by atoms with Crippen molar-refractivity contribution in [3.8, 4) is 0 Å². The standard InChI is InChI=1S/C18H20N2O2/c1-2-22-18(21)16-9-6-11-19-17(16)20-12-10-15(13-20)14-7-4-3-5-8-14/h3-9,11,15H,2,10,12-13H2,1H3. The molecular formula is C18H20N2O2. The van der Waals surface area contributed by atoms with Gasteiger partial charge in [0.2, 0.25) is 0 Å². The van der Waals surface area contributed by atoms with Crippen LogP contribution in [0.15, 0.2) is 48.7 Å². The number of pyridine rings is 1. The van der Waals surface area contributed by atoms with E-state index in [9.17, 15) is 4.79 Å². The molecule has 1 fully saturated rings. The van der Waals surface area contributed by atoms with Crippen molar-refractivity contribution < 1.29 is 9.53 Å². The molecule has 4 nitrogen and oxygen atoms in total. The van der Waals surface area contributed by atoms with E-state index in [4.69, 9.17) is 4.74 Å². The van der Waals surface area contributed by atoms with Gasteiger partial charge < -0.3 is 9.64 Å². The van der Waals surface area contributed by atoms with Crippen molar-refractivity contribution in [1.29, 1.82) is 0 Å². The largest absolute Gasteiger partial charge is 0.462 e. The molecule has 2 aromatic rings. The molecule has 2 heterocycles. The zero-order chi connectivity index (χ0) is 15.4. The van der Waals surface area contributed by atoms with Gasteiger partial charge in [0, 0.05) is 25.2 Å². The summed E-state index contributed by atoms with van der Waals surface area (Å²) in [6.45, 7) is 3.98. The summed E-state index contributed by atoms with van der Waals surface area (Å²) in [4.78, 5) is 18.7. The molecule has 1 atom stereocenters. The maximum Gasteiger partial charge on any atom is 0.341 e. The molecule has 0 radical (unpaired) electrons. The maximum atomic E-state index is 12.1. The Morgan fingerprint density at radius 1 is 1.27 bits per heavy atom. The van der Waals surface area contributed by atoms with E-state index >= 15 is 0 Å². The minimum absolute atomic E-state index is 0.297. The van der Waals surface area contributed by atoms with Crippen LogP contribution in [-0.4, -0.2) is 30.6 Å². The Kier molecular flexibility index (Phi) is 4.37. The molecule has 0 saturated carbocycles. The average Bonchev–Trinajstić information content (AvgIpc) is 3.06. The van der Waals surface area contributed by atoms with E-state index in [1.807, 2.05) is 13.0 Å². The number of aromatic nitrogens is 1. The number of rotatable bonds is 4. The minimum Gasteiger partial charge on any atom is -0.462 e. The Hall–Kier alpha value is -2.36. The van der Waals surface area contributed by atoms with Gasteiger partial charge in [-0.15, -0.1) is 0 Å². The fourth-order valence-corrected chi connectivity index (χ4v) is 2.97. The summed E-state index contributed by atoms with van der Waals surface area (Å²) in [5, 5.41) is 0. The summed E-state index contributed by atoms with van der Waals surface area (Å²) >= 11 is 0. The van der Waals surface area contributed by atoms with Crippen LogP contribution in [0.25, 0.3) is 0 Å². The molecule has 0 amide bonds. The third-order valence-electron chi connectivity index (χ3n) is 4.04. The van der Waals surface area contributed by atoms with E-state index in [0.29, 0.717) is 18.1 Å². The van der Waals surface area contributed by atoms with Gasteiger partial charge >= 0.3 is 5.97 Å². The van der Waals surface area contributed by atoms with Gasteiger partial charge in [0.25, 0.3) is 0 Å². The van der Waals surface area contributed by atoms with Gasteiger partial charge in [0.15, 0.2) is 0 Å². The summed E-state index contributed by atoms with van der Waals surface area (Å²) in [7, 11) is 0. The molecule has 114 valence electrons. The van der Waals surface area contributed by atoms with E-state index < -0.39 is 0 Å². The van der Waals surface area contributed by atoms with Crippen molar-refractivity contribution in [2.45, 2.75) is 19.3 Å². The van der Waals surface area contributed by atoms with E-state index in [0.717, 1.165) is 25.3 Å². The molecule has 1 aliphatic rings. The molecular weight excluding hydrogens is 276 g/mol. The van der Waals surface area contributed by atoms with Crippen LogP contribution >= 0.6 is 0 Å². The number of carbonyl (C=O) groups excluding carboxylic acids is 1. The molecule has 0 aliphatic carbocycles. The summed E-state index contributed by atoms with van der Waals surface area (Å²) in [6.07, 6.45) is 2.80. The smallest absolute Gasteiger partial charge is 0.341 e. The van der Waals surface area contributed by atoms with Gasteiger partial charge in [0.1, 0.15) is 11.4 Å². The fraction of sp³-hybridized carbons (Fsp3) is 0.333. The van der Waals surface area contributed by atoms with E-state index in [1.54, 1.807) is 18.3 Å². The molecule has 0 N–H and O–H groups in total. The molecule has 0 bridgehead atoms. The van der Waals surface area contributed by atoms with Crippen LogP contribution in [-0.2, 0) is 4.74 Å². The van der Waals surface area contributed by atoms with Gasteiger partial charge in [-0.1, -0.05) is 30.3 Å². The molecule has 0 spiro atoms. The van der Waals surface area contributed by atoms with E-state index in [2.05, 4.69) is 34.1 Å².